The van der Waals surface area contributed by atoms with Gasteiger partial charge in [0.05, 0.1) is 4.92 Å². The first kappa shape index (κ1) is 10.8. The van der Waals surface area contributed by atoms with Crippen LogP contribution < -0.4 is 4.90 Å². The van der Waals surface area contributed by atoms with Crippen LogP contribution in [-0.4, -0.2) is 29.7 Å². The van der Waals surface area contributed by atoms with Gasteiger partial charge in [0.25, 0.3) is 0 Å². The van der Waals surface area contributed by atoms with Crippen molar-refractivity contribution in [3.63, 3.8) is 0 Å². The number of para-hydroxylation sites is 1. The first-order valence-electron chi connectivity index (χ1n) is 4.92. The third-order valence-corrected chi connectivity index (χ3v) is 2.70. The maximum atomic E-state index is 13.3. The fourth-order valence-corrected chi connectivity index (χ4v) is 1.82. The molecule has 1 N–H and O–H groups in total. The summed E-state index contributed by atoms with van der Waals surface area (Å²) in [4.78, 5) is 11.7. The summed E-state index contributed by atoms with van der Waals surface area (Å²) < 4.78 is 13.3. The molecule has 0 amide bonds. The van der Waals surface area contributed by atoms with Crippen molar-refractivity contribution in [1.29, 1.82) is 0 Å². The number of nitrogens with zero attached hydrogens (tertiary/aromatic N) is 2. The second-order valence-electron chi connectivity index (χ2n) is 3.82. The average molecular weight is 226 g/mol. The molecule has 0 aliphatic carbocycles. The monoisotopic (exact) mass is 226 g/mol. The molecule has 6 heteroatoms. The standard InChI is InChI=1S/C10H11FN2O3/c11-8-2-1-3-9(10(8)13(15)16)12-4-7(5-12)6-14/h1-3,7,14H,4-6H2. The Morgan fingerprint density at radius 1 is 1.56 bits per heavy atom. The number of hydrogen-bond donors (Lipinski definition) is 1. The second-order valence-corrected chi connectivity index (χ2v) is 3.82. The fraction of sp³-hybridized carbons (Fsp3) is 0.400. The van der Waals surface area contributed by atoms with E-state index < -0.39 is 16.4 Å². The number of nitro groups is 1. The molecule has 0 atom stereocenters. The van der Waals surface area contributed by atoms with Crippen LogP contribution in [0, 0.1) is 21.8 Å². The molecule has 1 fully saturated rings. The number of rotatable bonds is 3. The van der Waals surface area contributed by atoms with Crippen molar-refractivity contribution in [2.75, 3.05) is 24.6 Å². The topological polar surface area (TPSA) is 66.6 Å². The van der Waals surface area contributed by atoms with Gasteiger partial charge in [-0.05, 0) is 12.1 Å². The van der Waals surface area contributed by atoms with Gasteiger partial charge in [0, 0.05) is 25.6 Å². The highest BCUT2D eigenvalue weighted by molar-refractivity contribution is 5.65. The summed E-state index contributed by atoms with van der Waals surface area (Å²) in [6.07, 6.45) is 0. The fourth-order valence-electron chi connectivity index (χ4n) is 1.82. The number of anilines is 1. The lowest BCUT2D eigenvalue weighted by Gasteiger charge is -2.39. The SMILES string of the molecule is O=[N+]([O-])c1c(F)cccc1N1CC(CO)C1. The van der Waals surface area contributed by atoms with Crippen LogP contribution in [0.1, 0.15) is 0 Å². The van der Waals surface area contributed by atoms with Crippen molar-refractivity contribution in [3.05, 3.63) is 34.1 Å². The molecule has 0 bridgehead atoms. The minimum Gasteiger partial charge on any atom is -0.396 e. The molecule has 0 radical (unpaired) electrons. The molecule has 1 saturated heterocycles. The number of nitro benzene ring substituents is 1. The minimum absolute atomic E-state index is 0.0552. The Kier molecular flexibility index (Phi) is 2.74. The molecule has 1 aromatic rings. The van der Waals surface area contributed by atoms with Crippen LogP contribution in [0.2, 0.25) is 0 Å². The molecule has 16 heavy (non-hydrogen) atoms. The summed E-state index contributed by atoms with van der Waals surface area (Å²) in [5.41, 5.74) is -0.200. The van der Waals surface area contributed by atoms with Gasteiger partial charge in [-0.2, -0.15) is 4.39 Å². The first-order valence-corrected chi connectivity index (χ1v) is 4.92. The van der Waals surface area contributed by atoms with Gasteiger partial charge in [0.1, 0.15) is 5.69 Å². The van der Waals surface area contributed by atoms with E-state index in [0.29, 0.717) is 13.1 Å². The Morgan fingerprint density at radius 3 is 2.81 bits per heavy atom. The van der Waals surface area contributed by atoms with Gasteiger partial charge in [-0.3, -0.25) is 10.1 Å². The van der Waals surface area contributed by atoms with Crippen molar-refractivity contribution >= 4 is 11.4 Å². The Bertz CT molecular complexity index is 419. The van der Waals surface area contributed by atoms with Gasteiger partial charge in [0.2, 0.25) is 5.82 Å². The Labute approximate surface area is 91.3 Å². The van der Waals surface area contributed by atoms with E-state index in [1.807, 2.05) is 0 Å². The normalized spacial score (nSPS) is 16.0. The summed E-state index contributed by atoms with van der Waals surface area (Å²) in [7, 11) is 0. The number of halogens is 1. The van der Waals surface area contributed by atoms with E-state index in [1.54, 1.807) is 4.90 Å². The Balaban J connectivity index is 2.28. The van der Waals surface area contributed by atoms with Crippen LogP contribution in [-0.2, 0) is 0 Å². The number of aliphatic hydroxyl groups is 1. The van der Waals surface area contributed by atoms with Gasteiger partial charge in [-0.1, -0.05) is 6.07 Å². The second kappa shape index (κ2) is 4.05. The van der Waals surface area contributed by atoms with Gasteiger partial charge in [0.15, 0.2) is 0 Å². The highest BCUT2D eigenvalue weighted by Gasteiger charge is 2.32. The smallest absolute Gasteiger partial charge is 0.327 e. The lowest BCUT2D eigenvalue weighted by Crippen LogP contribution is -2.48. The molecular formula is C10H11FN2O3. The lowest BCUT2D eigenvalue weighted by molar-refractivity contribution is -0.386. The largest absolute Gasteiger partial charge is 0.396 e. The van der Waals surface area contributed by atoms with Crippen LogP contribution in [0.25, 0.3) is 0 Å². The number of aliphatic hydroxyl groups excluding tert-OH is 1. The zero-order valence-corrected chi connectivity index (χ0v) is 8.47. The van der Waals surface area contributed by atoms with Crippen molar-refractivity contribution in [2.24, 2.45) is 5.92 Å². The Hall–Kier alpha value is -1.69. The number of benzene rings is 1. The van der Waals surface area contributed by atoms with Crippen molar-refractivity contribution in [1.82, 2.24) is 0 Å². The number of hydrogen-bond acceptors (Lipinski definition) is 4. The van der Waals surface area contributed by atoms with E-state index in [0.717, 1.165) is 6.07 Å². The zero-order valence-electron chi connectivity index (χ0n) is 8.47. The van der Waals surface area contributed by atoms with E-state index in [2.05, 4.69) is 0 Å². The van der Waals surface area contributed by atoms with Crippen molar-refractivity contribution < 1.29 is 14.4 Å². The molecule has 0 spiro atoms. The minimum atomic E-state index is -0.824. The molecular weight excluding hydrogens is 215 g/mol. The van der Waals surface area contributed by atoms with Gasteiger partial charge < -0.3 is 10.0 Å². The third-order valence-electron chi connectivity index (χ3n) is 2.70. The molecule has 86 valence electrons. The van der Waals surface area contributed by atoms with E-state index >= 15 is 0 Å². The summed E-state index contributed by atoms with van der Waals surface area (Å²) >= 11 is 0. The zero-order chi connectivity index (χ0) is 11.7. The van der Waals surface area contributed by atoms with Crippen molar-refractivity contribution in [2.45, 2.75) is 0 Å². The third kappa shape index (κ3) is 1.71. The van der Waals surface area contributed by atoms with E-state index in [-0.39, 0.29) is 18.2 Å². The van der Waals surface area contributed by atoms with E-state index in [9.17, 15) is 14.5 Å². The van der Waals surface area contributed by atoms with Crippen LogP contribution >= 0.6 is 0 Å². The first-order chi connectivity index (χ1) is 7.63. The van der Waals surface area contributed by atoms with Gasteiger partial charge in [-0.25, -0.2) is 0 Å². The molecule has 0 aromatic heterocycles. The molecule has 1 aliphatic heterocycles. The van der Waals surface area contributed by atoms with E-state index in [1.165, 1.54) is 12.1 Å². The highest BCUT2D eigenvalue weighted by Crippen LogP contribution is 2.34. The van der Waals surface area contributed by atoms with E-state index in [4.69, 9.17) is 5.11 Å². The Morgan fingerprint density at radius 2 is 2.25 bits per heavy atom. The average Bonchev–Trinajstić information content (AvgIpc) is 2.15. The quantitative estimate of drug-likeness (QED) is 0.620. The maximum absolute atomic E-state index is 13.3. The molecule has 1 aliphatic rings. The van der Waals surface area contributed by atoms with Gasteiger partial charge in [-0.15, -0.1) is 0 Å². The lowest BCUT2D eigenvalue weighted by atomic mass is 10.00. The predicted octanol–water partition coefficient (Wildman–Crippen LogP) is 1.16. The molecule has 0 saturated carbocycles. The molecule has 5 nitrogen and oxygen atoms in total. The predicted molar refractivity (Wildman–Crippen MR) is 55.8 cm³/mol. The summed E-state index contributed by atoms with van der Waals surface area (Å²) in [5.74, 6) is -0.696. The van der Waals surface area contributed by atoms with Gasteiger partial charge >= 0.3 is 5.69 Å². The maximum Gasteiger partial charge on any atom is 0.327 e. The van der Waals surface area contributed by atoms with Crippen LogP contribution in [0.4, 0.5) is 15.8 Å². The van der Waals surface area contributed by atoms with Crippen molar-refractivity contribution in [3.8, 4) is 0 Å². The molecule has 2 rings (SSSR count). The van der Waals surface area contributed by atoms with Crippen LogP contribution in [0.3, 0.4) is 0 Å². The molecule has 0 unspecified atom stereocenters. The summed E-state index contributed by atoms with van der Waals surface area (Å²) in [5, 5.41) is 19.6. The summed E-state index contributed by atoms with van der Waals surface area (Å²) in [6.45, 7) is 1.11. The van der Waals surface area contributed by atoms with Crippen LogP contribution in [0.5, 0.6) is 0 Å². The molecule has 1 heterocycles. The highest BCUT2D eigenvalue weighted by atomic mass is 19.1. The van der Waals surface area contributed by atoms with Crippen LogP contribution in [0.15, 0.2) is 18.2 Å². The summed E-state index contributed by atoms with van der Waals surface area (Å²) in [6, 6.07) is 4.05. The molecule has 1 aromatic carbocycles.